The van der Waals surface area contributed by atoms with Crippen LogP contribution in [0.25, 0.3) is 0 Å². The van der Waals surface area contributed by atoms with E-state index in [1.807, 2.05) is 30.3 Å². The van der Waals surface area contributed by atoms with Gasteiger partial charge < -0.3 is 5.32 Å². The molecule has 1 aromatic carbocycles. The zero-order valence-corrected chi connectivity index (χ0v) is 9.03. The number of nitrogens with one attached hydrogen (secondary N) is 1. The predicted octanol–water partition coefficient (Wildman–Crippen LogP) is 3.18. The van der Waals surface area contributed by atoms with Gasteiger partial charge in [0.05, 0.1) is 6.07 Å². The van der Waals surface area contributed by atoms with Crippen molar-refractivity contribution in [2.75, 3.05) is 5.32 Å². The molecule has 0 amide bonds. The van der Waals surface area contributed by atoms with Crippen LogP contribution in [0.15, 0.2) is 30.3 Å². The van der Waals surface area contributed by atoms with Crippen molar-refractivity contribution in [1.29, 1.82) is 5.26 Å². The molecule has 2 rings (SSSR count). The van der Waals surface area contributed by atoms with E-state index in [1.165, 1.54) is 0 Å². The Morgan fingerprint density at radius 1 is 1.40 bits per heavy atom. The molecule has 1 aliphatic carbocycles. The molecule has 0 aromatic heterocycles. The van der Waals surface area contributed by atoms with E-state index in [2.05, 4.69) is 18.3 Å². The van der Waals surface area contributed by atoms with Gasteiger partial charge in [0.2, 0.25) is 0 Å². The molecule has 1 N–H and O–H groups in total. The molecule has 1 saturated carbocycles. The van der Waals surface area contributed by atoms with Crippen molar-refractivity contribution in [3.05, 3.63) is 30.3 Å². The number of nitriles is 1. The molecule has 0 spiro atoms. The number of para-hydroxylation sites is 1. The predicted molar refractivity (Wildman–Crippen MR) is 61.4 cm³/mol. The zero-order valence-electron chi connectivity index (χ0n) is 9.03. The number of nitrogens with zero attached hydrogens (tertiary/aromatic N) is 1. The molecular weight excluding hydrogens is 184 g/mol. The first-order valence-corrected chi connectivity index (χ1v) is 5.51. The summed E-state index contributed by atoms with van der Waals surface area (Å²) in [7, 11) is 0. The first-order valence-electron chi connectivity index (χ1n) is 5.51. The lowest BCUT2D eigenvalue weighted by atomic mass is 9.89. The summed E-state index contributed by atoms with van der Waals surface area (Å²) >= 11 is 0. The third-order valence-corrected chi connectivity index (χ3v) is 3.39. The number of anilines is 1. The molecule has 0 bridgehead atoms. The van der Waals surface area contributed by atoms with Crippen LogP contribution in [0.2, 0.25) is 0 Å². The summed E-state index contributed by atoms with van der Waals surface area (Å²) in [6, 6.07) is 12.5. The fourth-order valence-electron chi connectivity index (χ4n) is 2.34. The summed E-state index contributed by atoms with van der Waals surface area (Å²) in [6.07, 6.45) is 3.25. The summed E-state index contributed by atoms with van der Waals surface area (Å²) < 4.78 is 0. The Morgan fingerprint density at radius 3 is 2.67 bits per heavy atom. The number of hydrogen-bond donors (Lipinski definition) is 1. The summed E-state index contributed by atoms with van der Waals surface area (Å²) in [6.45, 7) is 2.16. The molecule has 0 saturated heterocycles. The van der Waals surface area contributed by atoms with Crippen LogP contribution in [0.3, 0.4) is 0 Å². The molecule has 78 valence electrons. The molecule has 0 radical (unpaired) electrons. The number of hydrogen-bond acceptors (Lipinski definition) is 2. The molecule has 1 aromatic rings. The minimum absolute atomic E-state index is 0.346. The highest BCUT2D eigenvalue weighted by Crippen LogP contribution is 2.37. The lowest BCUT2D eigenvalue weighted by molar-refractivity contribution is 0.464. The first kappa shape index (κ1) is 10.0. The largest absolute Gasteiger partial charge is 0.367 e. The van der Waals surface area contributed by atoms with Gasteiger partial charge in [0.1, 0.15) is 5.54 Å². The van der Waals surface area contributed by atoms with Crippen molar-refractivity contribution in [3.63, 3.8) is 0 Å². The van der Waals surface area contributed by atoms with Crippen molar-refractivity contribution in [3.8, 4) is 6.07 Å². The standard InChI is InChI=1S/C13H16N2/c1-11-6-5-9-13(11,10-14)15-12-7-3-2-4-8-12/h2-4,7-8,11,15H,5-6,9H2,1H3. The van der Waals surface area contributed by atoms with Gasteiger partial charge in [-0.15, -0.1) is 0 Å². The molecule has 0 heterocycles. The Kier molecular flexibility index (Phi) is 2.64. The molecule has 2 nitrogen and oxygen atoms in total. The van der Waals surface area contributed by atoms with E-state index in [-0.39, 0.29) is 5.54 Å². The highest BCUT2D eigenvalue weighted by molar-refractivity contribution is 5.48. The Labute approximate surface area is 90.9 Å². The van der Waals surface area contributed by atoms with Gasteiger partial charge in [-0.2, -0.15) is 5.26 Å². The van der Waals surface area contributed by atoms with E-state index < -0.39 is 0 Å². The van der Waals surface area contributed by atoms with Crippen LogP contribution in [0.4, 0.5) is 5.69 Å². The van der Waals surface area contributed by atoms with Crippen LogP contribution in [0, 0.1) is 17.2 Å². The summed E-state index contributed by atoms with van der Waals surface area (Å²) in [5.74, 6) is 0.433. The van der Waals surface area contributed by atoms with E-state index >= 15 is 0 Å². The highest BCUT2D eigenvalue weighted by Gasteiger charge is 2.40. The van der Waals surface area contributed by atoms with Crippen molar-refractivity contribution in [1.82, 2.24) is 0 Å². The second-order valence-corrected chi connectivity index (χ2v) is 4.37. The van der Waals surface area contributed by atoms with Crippen LogP contribution in [0.1, 0.15) is 26.2 Å². The van der Waals surface area contributed by atoms with E-state index in [1.54, 1.807) is 0 Å². The van der Waals surface area contributed by atoms with Crippen molar-refractivity contribution in [2.45, 2.75) is 31.7 Å². The van der Waals surface area contributed by atoms with Crippen molar-refractivity contribution < 1.29 is 0 Å². The van der Waals surface area contributed by atoms with Crippen molar-refractivity contribution in [2.24, 2.45) is 5.92 Å². The van der Waals surface area contributed by atoms with Crippen LogP contribution >= 0.6 is 0 Å². The second-order valence-electron chi connectivity index (χ2n) is 4.37. The fraction of sp³-hybridized carbons (Fsp3) is 0.462. The zero-order chi connectivity index (χ0) is 10.7. The molecule has 15 heavy (non-hydrogen) atoms. The molecule has 2 heteroatoms. The van der Waals surface area contributed by atoms with E-state index in [4.69, 9.17) is 0 Å². The summed E-state index contributed by atoms with van der Waals surface area (Å²) in [4.78, 5) is 0. The maximum Gasteiger partial charge on any atom is 0.127 e. The molecule has 2 atom stereocenters. The quantitative estimate of drug-likeness (QED) is 0.795. The van der Waals surface area contributed by atoms with E-state index in [9.17, 15) is 5.26 Å². The second kappa shape index (κ2) is 3.94. The van der Waals surface area contributed by atoms with Gasteiger partial charge in [-0.1, -0.05) is 25.1 Å². The van der Waals surface area contributed by atoms with Crippen LogP contribution in [-0.2, 0) is 0 Å². The lowest BCUT2D eigenvalue weighted by Gasteiger charge is -2.28. The molecular formula is C13H16N2. The lowest BCUT2D eigenvalue weighted by Crippen LogP contribution is -2.39. The molecule has 0 aliphatic heterocycles. The molecule has 1 aliphatic rings. The van der Waals surface area contributed by atoms with Gasteiger partial charge in [-0.05, 0) is 37.3 Å². The minimum atomic E-state index is -0.346. The minimum Gasteiger partial charge on any atom is -0.367 e. The van der Waals surface area contributed by atoms with Gasteiger partial charge in [-0.25, -0.2) is 0 Å². The third-order valence-electron chi connectivity index (χ3n) is 3.39. The van der Waals surface area contributed by atoms with Crippen LogP contribution in [0.5, 0.6) is 0 Å². The van der Waals surface area contributed by atoms with Crippen molar-refractivity contribution >= 4 is 5.69 Å². The Hall–Kier alpha value is -1.49. The molecule has 1 fully saturated rings. The topological polar surface area (TPSA) is 35.8 Å². The first-order chi connectivity index (χ1) is 7.27. The molecule has 2 unspecified atom stereocenters. The SMILES string of the molecule is CC1CCCC1(C#N)Nc1ccccc1. The van der Waals surface area contributed by atoms with E-state index in [0.29, 0.717) is 5.92 Å². The smallest absolute Gasteiger partial charge is 0.127 e. The highest BCUT2D eigenvalue weighted by atomic mass is 15.0. The number of benzene rings is 1. The van der Waals surface area contributed by atoms with Crippen LogP contribution < -0.4 is 5.32 Å². The van der Waals surface area contributed by atoms with Gasteiger partial charge in [0.15, 0.2) is 0 Å². The van der Waals surface area contributed by atoms with Gasteiger partial charge in [0.25, 0.3) is 0 Å². The maximum atomic E-state index is 9.34. The van der Waals surface area contributed by atoms with E-state index in [0.717, 1.165) is 24.9 Å². The average molecular weight is 200 g/mol. The van der Waals surface area contributed by atoms with Crippen LogP contribution in [-0.4, -0.2) is 5.54 Å². The third kappa shape index (κ3) is 1.83. The Balaban J connectivity index is 2.20. The normalized spacial score (nSPS) is 29.7. The summed E-state index contributed by atoms with van der Waals surface area (Å²) in [5, 5.41) is 12.7. The number of rotatable bonds is 2. The average Bonchev–Trinajstić information content (AvgIpc) is 2.62. The summed E-state index contributed by atoms with van der Waals surface area (Å²) in [5.41, 5.74) is 0.703. The van der Waals surface area contributed by atoms with Gasteiger partial charge >= 0.3 is 0 Å². The Morgan fingerprint density at radius 2 is 2.13 bits per heavy atom. The fourth-order valence-corrected chi connectivity index (χ4v) is 2.34. The van der Waals surface area contributed by atoms with Gasteiger partial charge in [-0.3, -0.25) is 0 Å². The van der Waals surface area contributed by atoms with Gasteiger partial charge in [0, 0.05) is 5.69 Å². The Bertz CT molecular complexity index is 366. The monoisotopic (exact) mass is 200 g/mol. The maximum absolute atomic E-state index is 9.34.